The van der Waals surface area contributed by atoms with Crippen molar-refractivity contribution in [3.05, 3.63) is 29.6 Å². The SMILES string of the molecule is OC[C@@H](O)[C@@H](O)[C@H](O)[C@@H](O)c1nc2cc(C(F)(F)F)ccc2[nH]1. The van der Waals surface area contributed by atoms with Crippen LogP contribution in [0, 0.1) is 0 Å². The van der Waals surface area contributed by atoms with Gasteiger partial charge >= 0.3 is 6.18 Å². The molecule has 1 heterocycles. The van der Waals surface area contributed by atoms with Crippen LogP contribution < -0.4 is 0 Å². The number of alkyl halides is 3. The van der Waals surface area contributed by atoms with Crippen LogP contribution >= 0.6 is 0 Å². The van der Waals surface area contributed by atoms with E-state index in [9.17, 15) is 33.6 Å². The average Bonchev–Trinajstić information content (AvgIpc) is 2.94. The molecule has 0 saturated carbocycles. The van der Waals surface area contributed by atoms with Gasteiger partial charge in [-0.3, -0.25) is 0 Å². The Kier molecular flexibility index (Phi) is 4.92. The van der Waals surface area contributed by atoms with Crippen molar-refractivity contribution < 1.29 is 38.7 Å². The van der Waals surface area contributed by atoms with Gasteiger partial charge in [0.15, 0.2) is 0 Å². The normalized spacial score (nSPS) is 17.9. The third-order valence-corrected chi connectivity index (χ3v) is 3.36. The number of rotatable bonds is 5. The van der Waals surface area contributed by atoms with Crippen molar-refractivity contribution in [2.24, 2.45) is 0 Å². The highest BCUT2D eigenvalue weighted by molar-refractivity contribution is 5.76. The molecule has 0 radical (unpaired) electrons. The van der Waals surface area contributed by atoms with E-state index in [1.165, 1.54) is 0 Å². The lowest BCUT2D eigenvalue weighted by atomic mass is 10.0. The molecule has 2 aromatic rings. The summed E-state index contributed by atoms with van der Waals surface area (Å²) in [6, 6.07) is 2.72. The second-order valence-corrected chi connectivity index (χ2v) is 5.03. The van der Waals surface area contributed by atoms with Crippen LogP contribution in [0.1, 0.15) is 17.5 Å². The van der Waals surface area contributed by atoms with Crippen LogP contribution in [0.25, 0.3) is 11.0 Å². The first kappa shape index (κ1) is 17.6. The van der Waals surface area contributed by atoms with E-state index in [4.69, 9.17) is 5.11 Å². The van der Waals surface area contributed by atoms with Crippen LogP contribution in [-0.4, -0.2) is 60.4 Å². The standard InChI is InChI=1S/C13H15F3N2O5/c14-13(15,16)5-1-2-6-7(3-5)18-12(17-6)11(23)10(22)9(21)8(20)4-19/h1-3,8-11,19-23H,4H2,(H,17,18)/t8-,9-,10+,11-/m1/s1. The number of nitrogens with zero attached hydrogens (tertiary/aromatic N) is 1. The fourth-order valence-electron chi connectivity index (χ4n) is 2.03. The zero-order valence-corrected chi connectivity index (χ0v) is 11.6. The topological polar surface area (TPSA) is 130 Å². The van der Waals surface area contributed by atoms with Gasteiger partial charge in [-0.25, -0.2) is 4.98 Å². The number of fused-ring (bicyclic) bond motifs is 1. The van der Waals surface area contributed by atoms with E-state index in [0.29, 0.717) is 0 Å². The summed E-state index contributed by atoms with van der Waals surface area (Å²) in [5.41, 5.74) is -0.816. The fourth-order valence-corrected chi connectivity index (χ4v) is 2.03. The molecule has 10 heteroatoms. The first-order valence-corrected chi connectivity index (χ1v) is 6.55. The predicted molar refractivity (Wildman–Crippen MR) is 71.2 cm³/mol. The van der Waals surface area contributed by atoms with Gasteiger partial charge in [-0.15, -0.1) is 0 Å². The fraction of sp³-hybridized carbons (Fsp3) is 0.462. The summed E-state index contributed by atoms with van der Waals surface area (Å²) >= 11 is 0. The molecule has 4 atom stereocenters. The lowest BCUT2D eigenvalue weighted by Crippen LogP contribution is -2.42. The Balaban J connectivity index is 2.29. The number of aromatic amines is 1. The molecule has 6 N–H and O–H groups in total. The van der Waals surface area contributed by atoms with E-state index in [-0.39, 0.29) is 16.9 Å². The Morgan fingerprint density at radius 2 is 1.74 bits per heavy atom. The number of imidazole rings is 1. The van der Waals surface area contributed by atoms with Crippen molar-refractivity contribution in [3.8, 4) is 0 Å². The van der Waals surface area contributed by atoms with Gasteiger partial charge in [0, 0.05) is 0 Å². The highest BCUT2D eigenvalue weighted by Crippen LogP contribution is 2.31. The van der Waals surface area contributed by atoms with Crippen molar-refractivity contribution in [3.63, 3.8) is 0 Å². The largest absolute Gasteiger partial charge is 0.416 e. The molecule has 0 fully saturated rings. The summed E-state index contributed by atoms with van der Waals surface area (Å²) < 4.78 is 37.9. The first-order valence-electron chi connectivity index (χ1n) is 6.55. The van der Waals surface area contributed by atoms with Gasteiger partial charge in [0.2, 0.25) is 0 Å². The highest BCUT2D eigenvalue weighted by atomic mass is 19.4. The number of benzene rings is 1. The van der Waals surface area contributed by atoms with E-state index in [1.807, 2.05) is 0 Å². The molecule has 1 aromatic carbocycles. The molecule has 0 aliphatic rings. The van der Waals surface area contributed by atoms with Crippen LogP contribution in [0.4, 0.5) is 13.2 Å². The Morgan fingerprint density at radius 1 is 1.09 bits per heavy atom. The highest BCUT2D eigenvalue weighted by Gasteiger charge is 2.33. The molecule has 0 spiro atoms. The van der Waals surface area contributed by atoms with Crippen molar-refractivity contribution in [1.29, 1.82) is 0 Å². The van der Waals surface area contributed by atoms with Crippen LogP contribution in [0.2, 0.25) is 0 Å². The van der Waals surface area contributed by atoms with Crippen molar-refractivity contribution in [1.82, 2.24) is 9.97 Å². The molecule has 7 nitrogen and oxygen atoms in total. The zero-order chi connectivity index (χ0) is 17.4. The average molecular weight is 336 g/mol. The lowest BCUT2D eigenvalue weighted by molar-refractivity contribution is -0.137. The summed E-state index contributed by atoms with van der Waals surface area (Å²) in [5, 5.41) is 47.1. The van der Waals surface area contributed by atoms with Gasteiger partial charge in [-0.2, -0.15) is 13.2 Å². The van der Waals surface area contributed by atoms with Gasteiger partial charge < -0.3 is 30.5 Å². The van der Waals surface area contributed by atoms with Crippen LogP contribution in [-0.2, 0) is 6.18 Å². The zero-order valence-electron chi connectivity index (χ0n) is 11.6. The third kappa shape index (κ3) is 3.62. The molecule has 0 aliphatic carbocycles. The minimum atomic E-state index is -4.55. The molecule has 0 unspecified atom stereocenters. The molecule has 0 saturated heterocycles. The Hall–Kier alpha value is -1.72. The Morgan fingerprint density at radius 3 is 2.30 bits per heavy atom. The predicted octanol–water partition coefficient (Wildman–Crippen LogP) is -0.310. The van der Waals surface area contributed by atoms with E-state index in [2.05, 4.69) is 9.97 Å². The number of nitrogens with one attached hydrogen (secondary N) is 1. The summed E-state index contributed by atoms with van der Waals surface area (Å²) in [6.45, 7) is -0.847. The minimum absolute atomic E-state index is 0.0849. The number of aliphatic hydroxyl groups is 5. The monoisotopic (exact) mass is 336 g/mol. The summed E-state index contributed by atoms with van der Waals surface area (Å²) in [5.74, 6) is -0.281. The smallest absolute Gasteiger partial charge is 0.394 e. The number of aromatic nitrogens is 2. The maximum atomic E-state index is 12.6. The van der Waals surface area contributed by atoms with Crippen LogP contribution in [0.5, 0.6) is 0 Å². The van der Waals surface area contributed by atoms with Gasteiger partial charge in [0.25, 0.3) is 0 Å². The molecule has 2 rings (SSSR count). The van der Waals surface area contributed by atoms with E-state index >= 15 is 0 Å². The number of halogens is 3. The molecule has 23 heavy (non-hydrogen) atoms. The molecule has 0 amide bonds. The molecule has 0 bridgehead atoms. The van der Waals surface area contributed by atoms with Gasteiger partial charge in [-0.05, 0) is 18.2 Å². The summed E-state index contributed by atoms with van der Waals surface area (Å²) in [4.78, 5) is 6.28. The molecular weight excluding hydrogens is 321 g/mol. The second-order valence-electron chi connectivity index (χ2n) is 5.03. The van der Waals surface area contributed by atoms with Crippen molar-refractivity contribution in [2.45, 2.75) is 30.6 Å². The maximum absolute atomic E-state index is 12.6. The van der Waals surface area contributed by atoms with Crippen molar-refractivity contribution in [2.75, 3.05) is 6.61 Å². The summed E-state index contributed by atoms with van der Waals surface area (Å²) in [6.07, 6.45) is -11.8. The Bertz CT molecular complexity index is 675. The maximum Gasteiger partial charge on any atom is 0.416 e. The number of H-pyrrole nitrogens is 1. The third-order valence-electron chi connectivity index (χ3n) is 3.36. The number of hydrogen-bond acceptors (Lipinski definition) is 6. The number of hydrogen-bond donors (Lipinski definition) is 6. The molecule has 1 aromatic heterocycles. The van der Waals surface area contributed by atoms with E-state index < -0.39 is 42.8 Å². The van der Waals surface area contributed by atoms with Crippen molar-refractivity contribution >= 4 is 11.0 Å². The van der Waals surface area contributed by atoms with Crippen LogP contribution in [0.15, 0.2) is 18.2 Å². The van der Waals surface area contributed by atoms with Gasteiger partial charge in [-0.1, -0.05) is 0 Å². The van der Waals surface area contributed by atoms with Gasteiger partial charge in [0.1, 0.15) is 30.2 Å². The summed E-state index contributed by atoms with van der Waals surface area (Å²) in [7, 11) is 0. The molecular formula is C13H15F3N2O5. The molecule has 0 aliphatic heterocycles. The van der Waals surface area contributed by atoms with E-state index in [1.54, 1.807) is 0 Å². The quantitative estimate of drug-likeness (QED) is 0.444. The van der Waals surface area contributed by atoms with E-state index in [0.717, 1.165) is 18.2 Å². The number of aliphatic hydroxyl groups excluding tert-OH is 5. The lowest BCUT2D eigenvalue weighted by Gasteiger charge is -2.24. The van der Waals surface area contributed by atoms with Crippen LogP contribution in [0.3, 0.4) is 0 Å². The minimum Gasteiger partial charge on any atom is -0.394 e. The molecule has 128 valence electrons. The Labute approximate surface area is 127 Å². The second kappa shape index (κ2) is 6.42. The first-order chi connectivity index (χ1) is 10.6. The van der Waals surface area contributed by atoms with Gasteiger partial charge in [0.05, 0.1) is 23.2 Å².